The van der Waals surface area contributed by atoms with Crippen LogP contribution in [0.15, 0.2) is 42.7 Å². The number of piperidine rings is 1. The van der Waals surface area contributed by atoms with E-state index in [4.69, 9.17) is 4.74 Å². The van der Waals surface area contributed by atoms with Crippen LogP contribution in [0.4, 0.5) is 5.95 Å². The van der Waals surface area contributed by atoms with Gasteiger partial charge in [-0.3, -0.25) is 4.79 Å². The van der Waals surface area contributed by atoms with Crippen molar-refractivity contribution in [3.8, 4) is 0 Å². The molecule has 2 aliphatic heterocycles. The number of nitrogens with one attached hydrogen (secondary N) is 1. The summed E-state index contributed by atoms with van der Waals surface area (Å²) in [5.74, 6) is 1.29. The monoisotopic (exact) mass is 380 g/mol. The summed E-state index contributed by atoms with van der Waals surface area (Å²) in [5, 5.41) is 2.91. The minimum atomic E-state index is -0.136. The van der Waals surface area contributed by atoms with Gasteiger partial charge in [0.15, 0.2) is 0 Å². The van der Waals surface area contributed by atoms with Gasteiger partial charge in [0, 0.05) is 38.6 Å². The first-order valence-electron chi connectivity index (χ1n) is 10.3. The van der Waals surface area contributed by atoms with Crippen molar-refractivity contribution in [2.45, 2.75) is 38.2 Å². The van der Waals surface area contributed by atoms with Gasteiger partial charge in [0.2, 0.25) is 5.95 Å². The predicted molar refractivity (Wildman–Crippen MR) is 108 cm³/mol. The van der Waals surface area contributed by atoms with Crippen LogP contribution in [0.3, 0.4) is 0 Å². The maximum Gasteiger partial charge on any atom is 0.254 e. The van der Waals surface area contributed by atoms with Crippen molar-refractivity contribution in [3.05, 3.63) is 53.9 Å². The zero-order valence-corrected chi connectivity index (χ0v) is 16.2. The second-order valence-corrected chi connectivity index (χ2v) is 7.74. The van der Waals surface area contributed by atoms with E-state index in [2.05, 4.69) is 50.5 Å². The number of carbonyl (C=O) groups excluding carboxylic acids is 1. The lowest BCUT2D eigenvalue weighted by molar-refractivity contribution is 0.0857. The number of carbonyl (C=O) groups is 1. The van der Waals surface area contributed by atoms with Crippen LogP contribution in [0.25, 0.3) is 0 Å². The zero-order chi connectivity index (χ0) is 19.2. The standard InChI is InChI=1S/C22H28N4O2/c27-21(23-16-20-7-4-12-28-20)19-14-24-22(25-15-19)26-10-8-18(9-11-26)13-17-5-2-1-3-6-17/h1-3,5-6,14-15,18,20H,4,7-13,16H2,(H,23,27). The first-order chi connectivity index (χ1) is 13.8. The third kappa shape index (κ3) is 4.87. The van der Waals surface area contributed by atoms with Crippen molar-refractivity contribution in [2.24, 2.45) is 5.92 Å². The maximum atomic E-state index is 12.2. The van der Waals surface area contributed by atoms with Crippen LogP contribution in [-0.2, 0) is 11.2 Å². The van der Waals surface area contributed by atoms with Gasteiger partial charge in [0.1, 0.15) is 0 Å². The summed E-state index contributed by atoms with van der Waals surface area (Å²) in [7, 11) is 0. The van der Waals surface area contributed by atoms with Gasteiger partial charge in [0.25, 0.3) is 5.91 Å². The van der Waals surface area contributed by atoms with Crippen LogP contribution < -0.4 is 10.2 Å². The Kier molecular flexibility index (Phi) is 6.17. The van der Waals surface area contributed by atoms with Gasteiger partial charge in [-0.2, -0.15) is 0 Å². The molecule has 1 N–H and O–H groups in total. The maximum absolute atomic E-state index is 12.2. The van der Waals surface area contributed by atoms with E-state index in [0.717, 1.165) is 51.8 Å². The first kappa shape index (κ1) is 18.9. The number of hydrogen-bond donors (Lipinski definition) is 1. The van der Waals surface area contributed by atoms with Crippen molar-refractivity contribution in [1.29, 1.82) is 0 Å². The van der Waals surface area contributed by atoms with Gasteiger partial charge >= 0.3 is 0 Å². The minimum absolute atomic E-state index is 0.136. The summed E-state index contributed by atoms with van der Waals surface area (Å²) >= 11 is 0. The van der Waals surface area contributed by atoms with Crippen LogP contribution >= 0.6 is 0 Å². The highest BCUT2D eigenvalue weighted by Gasteiger charge is 2.22. The van der Waals surface area contributed by atoms with Gasteiger partial charge in [-0.1, -0.05) is 30.3 Å². The van der Waals surface area contributed by atoms with Gasteiger partial charge in [-0.25, -0.2) is 9.97 Å². The molecule has 148 valence electrons. The van der Waals surface area contributed by atoms with E-state index in [-0.39, 0.29) is 12.0 Å². The summed E-state index contributed by atoms with van der Waals surface area (Å²) in [5.41, 5.74) is 1.91. The molecule has 2 saturated heterocycles. The Morgan fingerprint density at radius 2 is 1.86 bits per heavy atom. The Morgan fingerprint density at radius 1 is 1.11 bits per heavy atom. The van der Waals surface area contributed by atoms with E-state index in [1.807, 2.05) is 0 Å². The minimum Gasteiger partial charge on any atom is -0.376 e. The molecule has 1 aromatic heterocycles. The molecular weight excluding hydrogens is 352 g/mol. The molecule has 0 saturated carbocycles. The van der Waals surface area contributed by atoms with Crippen molar-refractivity contribution >= 4 is 11.9 Å². The number of amides is 1. The molecule has 1 unspecified atom stereocenters. The smallest absolute Gasteiger partial charge is 0.254 e. The van der Waals surface area contributed by atoms with Crippen molar-refractivity contribution in [1.82, 2.24) is 15.3 Å². The summed E-state index contributed by atoms with van der Waals surface area (Å²) in [6.07, 6.45) is 8.90. The Balaban J connectivity index is 1.25. The number of anilines is 1. The highest BCUT2D eigenvalue weighted by Crippen LogP contribution is 2.23. The molecule has 0 spiro atoms. The fourth-order valence-corrected chi connectivity index (χ4v) is 4.00. The van der Waals surface area contributed by atoms with E-state index in [1.165, 1.54) is 5.56 Å². The van der Waals surface area contributed by atoms with Gasteiger partial charge < -0.3 is 15.0 Å². The van der Waals surface area contributed by atoms with E-state index in [0.29, 0.717) is 24.0 Å². The highest BCUT2D eigenvalue weighted by molar-refractivity contribution is 5.93. The molecule has 0 bridgehead atoms. The molecule has 2 aliphatic rings. The Morgan fingerprint density at radius 3 is 2.54 bits per heavy atom. The molecule has 3 heterocycles. The van der Waals surface area contributed by atoms with Crippen LogP contribution in [0, 0.1) is 5.92 Å². The number of aromatic nitrogens is 2. The average molecular weight is 380 g/mol. The van der Waals surface area contributed by atoms with Crippen LogP contribution in [0.1, 0.15) is 41.6 Å². The summed E-state index contributed by atoms with van der Waals surface area (Å²) < 4.78 is 5.53. The van der Waals surface area contributed by atoms with E-state index < -0.39 is 0 Å². The molecule has 2 fully saturated rings. The molecule has 0 aliphatic carbocycles. The van der Waals surface area contributed by atoms with Gasteiger partial charge in [-0.15, -0.1) is 0 Å². The number of ether oxygens (including phenoxy) is 1. The molecule has 4 rings (SSSR count). The summed E-state index contributed by atoms with van der Waals surface area (Å²) in [6, 6.07) is 10.7. The van der Waals surface area contributed by atoms with Crippen molar-refractivity contribution in [3.63, 3.8) is 0 Å². The van der Waals surface area contributed by atoms with E-state index >= 15 is 0 Å². The number of rotatable bonds is 6. The number of nitrogens with zero attached hydrogens (tertiary/aromatic N) is 3. The topological polar surface area (TPSA) is 67.3 Å². The molecule has 1 atom stereocenters. The second-order valence-electron chi connectivity index (χ2n) is 7.74. The molecular formula is C22H28N4O2. The molecule has 0 radical (unpaired) electrons. The van der Waals surface area contributed by atoms with E-state index in [1.54, 1.807) is 12.4 Å². The Bertz CT molecular complexity index is 752. The zero-order valence-electron chi connectivity index (χ0n) is 16.2. The summed E-state index contributed by atoms with van der Waals surface area (Å²) in [4.78, 5) is 23.3. The second kappa shape index (κ2) is 9.15. The quantitative estimate of drug-likeness (QED) is 0.835. The largest absolute Gasteiger partial charge is 0.376 e. The van der Waals surface area contributed by atoms with Crippen LogP contribution in [-0.4, -0.2) is 48.2 Å². The number of benzene rings is 1. The SMILES string of the molecule is O=C(NCC1CCCO1)c1cnc(N2CCC(Cc3ccccc3)CC2)nc1. The Hall–Kier alpha value is -2.47. The Labute approximate surface area is 166 Å². The van der Waals surface area contributed by atoms with Gasteiger partial charge in [-0.05, 0) is 43.6 Å². The fraction of sp³-hybridized carbons (Fsp3) is 0.500. The van der Waals surface area contributed by atoms with Gasteiger partial charge in [0.05, 0.1) is 11.7 Å². The third-order valence-corrected chi connectivity index (χ3v) is 5.68. The predicted octanol–water partition coefficient (Wildman–Crippen LogP) is 2.84. The summed E-state index contributed by atoms with van der Waals surface area (Å²) in [6.45, 7) is 3.26. The number of hydrogen-bond acceptors (Lipinski definition) is 5. The molecule has 1 amide bonds. The molecule has 1 aromatic carbocycles. The molecule has 6 heteroatoms. The van der Waals surface area contributed by atoms with Crippen molar-refractivity contribution < 1.29 is 9.53 Å². The lowest BCUT2D eigenvalue weighted by Crippen LogP contribution is -2.35. The highest BCUT2D eigenvalue weighted by atomic mass is 16.5. The molecule has 2 aromatic rings. The van der Waals surface area contributed by atoms with Crippen LogP contribution in [0.5, 0.6) is 0 Å². The average Bonchev–Trinajstić information content (AvgIpc) is 3.27. The lowest BCUT2D eigenvalue weighted by atomic mass is 9.90. The normalized spacial score (nSPS) is 20.3. The van der Waals surface area contributed by atoms with E-state index in [9.17, 15) is 4.79 Å². The molecule has 28 heavy (non-hydrogen) atoms. The molecule has 6 nitrogen and oxygen atoms in total. The van der Waals surface area contributed by atoms with Crippen LogP contribution in [0.2, 0.25) is 0 Å². The lowest BCUT2D eigenvalue weighted by Gasteiger charge is -2.32. The first-order valence-corrected chi connectivity index (χ1v) is 10.3. The third-order valence-electron chi connectivity index (χ3n) is 5.68. The van der Waals surface area contributed by atoms with Crippen molar-refractivity contribution in [2.75, 3.05) is 31.1 Å². The fourth-order valence-electron chi connectivity index (χ4n) is 4.00.